The maximum atomic E-state index is 13.9. The monoisotopic (exact) mass is 551 g/mol. The molecule has 0 saturated heterocycles. The molecule has 0 spiro atoms. The van der Waals surface area contributed by atoms with E-state index in [4.69, 9.17) is 18.9 Å². The van der Waals surface area contributed by atoms with Crippen molar-refractivity contribution in [1.29, 1.82) is 0 Å². The van der Waals surface area contributed by atoms with Gasteiger partial charge in [0.2, 0.25) is 5.95 Å². The molecule has 0 aliphatic heterocycles. The Hall–Kier alpha value is -4.52. The first kappa shape index (κ1) is 28.5. The Bertz CT molecular complexity index is 1440. The van der Waals surface area contributed by atoms with Gasteiger partial charge < -0.3 is 34.6 Å². The molecule has 210 valence electrons. The minimum absolute atomic E-state index is 0.0993. The lowest BCUT2D eigenvalue weighted by atomic mass is 10.2. The molecular formula is C28H30FN5O6. The summed E-state index contributed by atoms with van der Waals surface area (Å²) in [7, 11) is 1.59. The van der Waals surface area contributed by atoms with E-state index in [1.165, 1.54) is 6.07 Å². The summed E-state index contributed by atoms with van der Waals surface area (Å²) in [4.78, 5) is 31.8. The number of anilines is 3. The summed E-state index contributed by atoms with van der Waals surface area (Å²) in [6, 6.07) is 15.9. The standard InChI is InChI=1S/C28H30FN5O6/c1-18-3-9-22(29)24(15-18)33-28(36)30-19-4-6-20(7-5-19)40-21-8-10-23-25(16-21)32-27(31-23)34-26(35)17-39-14-13-38-12-11-37-2/h3-10,15-16H,11-14,17H2,1-2H3,(H2,30,33,36)(H2,31,32,34,35). The lowest BCUT2D eigenvalue weighted by Gasteiger charge is -2.10. The number of carbonyl (C=O) groups is 2. The molecule has 40 heavy (non-hydrogen) atoms. The van der Waals surface area contributed by atoms with Gasteiger partial charge >= 0.3 is 6.03 Å². The number of benzene rings is 3. The number of halogens is 1. The maximum Gasteiger partial charge on any atom is 0.323 e. The molecule has 0 unspecified atom stereocenters. The molecule has 12 heteroatoms. The Morgan fingerprint density at radius 1 is 0.875 bits per heavy atom. The van der Waals surface area contributed by atoms with Crippen molar-refractivity contribution in [2.24, 2.45) is 0 Å². The van der Waals surface area contributed by atoms with Crippen LogP contribution in [0.5, 0.6) is 11.5 Å². The van der Waals surface area contributed by atoms with Crippen molar-refractivity contribution < 1.29 is 32.9 Å². The highest BCUT2D eigenvalue weighted by atomic mass is 19.1. The minimum Gasteiger partial charge on any atom is -0.457 e. The van der Waals surface area contributed by atoms with E-state index in [9.17, 15) is 14.0 Å². The molecule has 0 saturated carbocycles. The third kappa shape index (κ3) is 8.50. The van der Waals surface area contributed by atoms with E-state index in [0.29, 0.717) is 48.0 Å². The van der Waals surface area contributed by atoms with E-state index < -0.39 is 11.8 Å². The Balaban J connectivity index is 1.26. The summed E-state index contributed by atoms with van der Waals surface area (Å²) in [5.41, 5.74) is 2.74. The van der Waals surface area contributed by atoms with Crippen molar-refractivity contribution in [3.8, 4) is 11.5 Å². The lowest BCUT2D eigenvalue weighted by Crippen LogP contribution is -2.20. The second kappa shape index (κ2) is 14.0. The number of aromatic amines is 1. The number of carbonyl (C=O) groups excluding carboxylic acids is 2. The van der Waals surface area contributed by atoms with Crippen molar-refractivity contribution in [2.45, 2.75) is 6.92 Å². The van der Waals surface area contributed by atoms with Gasteiger partial charge in [0, 0.05) is 18.9 Å². The highest BCUT2D eigenvalue weighted by molar-refractivity contribution is 5.99. The van der Waals surface area contributed by atoms with E-state index in [1.807, 2.05) is 6.92 Å². The summed E-state index contributed by atoms with van der Waals surface area (Å²) in [6.07, 6.45) is 0. The molecule has 0 atom stereocenters. The van der Waals surface area contributed by atoms with Gasteiger partial charge in [-0.2, -0.15) is 0 Å². The minimum atomic E-state index is -0.565. The number of nitrogens with zero attached hydrogens (tertiary/aromatic N) is 1. The van der Waals surface area contributed by atoms with Gasteiger partial charge in [0.05, 0.1) is 43.1 Å². The van der Waals surface area contributed by atoms with Gasteiger partial charge in [-0.3, -0.25) is 10.1 Å². The number of H-pyrrole nitrogens is 1. The molecule has 0 fully saturated rings. The van der Waals surface area contributed by atoms with Gasteiger partial charge in [-0.25, -0.2) is 14.2 Å². The number of fused-ring (bicyclic) bond motifs is 1. The van der Waals surface area contributed by atoms with Crippen LogP contribution in [0.1, 0.15) is 5.56 Å². The van der Waals surface area contributed by atoms with Crippen molar-refractivity contribution in [3.05, 3.63) is 72.0 Å². The normalized spacial score (nSPS) is 10.9. The molecule has 3 amide bonds. The van der Waals surface area contributed by atoms with Crippen LogP contribution in [0, 0.1) is 12.7 Å². The van der Waals surface area contributed by atoms with Crippen molar-refractivity contribution in [3.63, 3.8) is 0 Å². The third-order valence-corrected chi connectivity index (χ3v) is 5.47. The largest absolute Gasteiger partial charge is 0.457 e. The molecule has 4 rings (SSSR count). The number of aryl methyl sites for hydroxylation is 1. The molecule has 0 radical (unpaired) electrons. The van der Waals surface area contributed by atoms with E-state index in [1.54, 1.807) is 61.7 Å². The zero-order valence-electron chi connectivity index (χ0n) is 22.1. The average molecular weight is 552 g/mol. The quantitative estimate of drug-likeness (QED) is 0.171. The summed E-state index contributed by atoms with van der Waals surface area (Å²) in [5.74, 6) is 0.499. The van der Waals surface area contributed by atoms with Gasteiger partial charge in [0.25, 0.3) is 5.91 Å². The third-order valence-electron chi connectivity index (χ3n) is 5.47. The summed E-state index contributed by atoms with van der Waals surface area (Å²) < 4.78 is 35.2. The lowest BCUT2D eigenvalue weighted by molar-refractivity contribution is -0.121. The number of hydrogen-bond acceptors (Lipinski definition) is 7. The van der Waals surface area contributed by atoms with Crippen LogP contribution in [-0.4, -0.2) is 62.1 Å². The van der Waals surface area contributed by atoms with Crippen LogP contribution < -0.4 is 20.7 Å². The highest BCUT2D eigenvalue weighted by Crippen LogP contribution is 2.27. The summed E-state index contributed by atoms with van der Waals surface area (Å²) >= 11 is 0. The Labute approximate surface area is 230 Å². The van der Waals surface area contributed by atoms with Crippen LogP contribution in [-0.2, 0) is 19.0 Å². The van der Waals surface area contributed by atoms with Crippen molar-refractivity contribution in [1.82, 2.24) is 9.97 Å². The summed E-state index contributed by atoms with van der Waals surface area (Å²) in [5, 5.41) is 7.82. The number of imidazole rings is 1. The number of ether oxygens (including phenoxy) is 4. The predicted octanol–water partition coefficient (Wildman–Crippen LogP) is 5.06. The first-order valence-corrected chi connectivity index (χ1v) is 12.5. The fourth-order valence-corrected chi connectivity index (χ4v) is 3.57. The number of aromatic nitrogens is 2. The van der Waals surface area contributed by atoms with Crippen LogP contribution in [0.15, 0.2) is 60.7 Å². The fraction of sp³-hybridized carbons (Fsp3) is 0.250. The number of nitrogens with one attached hydrogen (secondary N) is 4. The summed E-state index contributed by atoms with van der Waals surface area (Å²) in [6.45, 7) is 3.31. The first-order valence-electron chi connectivity index (χ1n) is 12.5. The number of rotatable bonds is 13. The molecule has 3 aromatic carbocycles. The van der Waals surface area contributed by atoms with Gasteiger partial charge in [-0.05, 0) is 61.0 Å². The van der Waals surface area contributed by atoms with Crippen LogP contribution in [0.3, 0.4) is 0 Å². The smallest absolute Gasteiger partial charge is 0.323 e. The number of urea groups is 1. The van der Waals surface area contributed by atoms with Crippen LogP contribution >= 0.6 is 0 Å². The number of amides is 3. The van der Waals surface area contributed by atoms with Crippen LogP contribution in [0.4, 0.5) is 26.5 Å². The van der Waals surface area contributed by atoms with E-state index in [0.717, 1.165) is 5.56 Å². The van der Waals surface area contributed by atoms with E-state index in [2.05, 4.69) is 25.9 Å². The van der Waals surface area contributed by atoms with Crippen molar-refractivity contribution >= 4 is 40.3 Å². The topological polar surface area (TPSA) is 136 Å². The predicted molar refractivity (Wildman–Crippen MR) is 149 cm³/mol. The highest BCUT2D eigenvalue weighted by Gasteiger charge is 2.10. The van der Waals surface area contributed by atoms with E-state index in [-0.39, 0.29) is 30.8 Å². The Morgan fingerprint density at radius 3 is 2.42 bits per heavy atom. The van der Waals surface area contributed by atoms with Gasteiger partial charge in [0.1, 0.15) is 23.9 Å². The number of hydrogen-bond donors (Lipinski definition) is 4. The van der Waals surface area contributed by atoms with Gasteiger partial charge in [-0.15, -0.1) is 0 Å². The SMILES string of the molecule is COCCOCCOCC(=O)Nc1nc2ccc(Oc3ccc(NC(=O)Nc4cc(C)ccc4F)cc3)cc2[nH]1. The van der Waals surface area contributed by atoms with Crippen LogP contribution in [0.25, 0.3) is 11.0 Å². The maximum absolute atomic E-state index is 13.9. The Kier molecular flexibility index (Phi) is 9.99. The second-order valence-corrected chi connectivity index (χ2v) is 8.66. The molecule has 4 N–H and O–H groups in total. The average Bonchev–Trinajstić information content (AvgIpc) is 3.32. The molecule has 11 nitrogen and oxygen atoms in total. The molecule has 1 heterocycles. The van der Waals surface area contributed by atoms with Crippen LogP contribution in [0.2, 0.25) is 0 Å². The zero-order valence-corrected chi connectivity index (χ0v) is 22.1. The zero-order chi connectivity index (χ0) is 28.3. The molecule has 1 aromatic heterocycles. The fourth-order valence-electron chi connectivity index (χ4n) is 3.57. The Morgan fingerprint density at radius 2 is 1.62 bits per heavy atom. The molecule has 0 aliphatic carbocycles. The first-order chi connectivity index (χ1) is 19.4. The van der Waals surface area contributed by atoms with Crippen molar-refractivity contribution in [2.75, 3.05) is 56.1 Å². The second-order valence-electron chi connectivity index (χ2n) is 8.66. The molecular weight excluding hydrogens is 521 g/mol. The molecule has 0 bridgehead atoms. The molecule has 0 aliphatic rings. The van der Waals surface area contributed by atoms with Gasteiger partial charge in [0.15, 0.2) is 0 Å². The van der Waals surface area contributed by atoms with E-state index >= 15 is 0 Å². The number of methoxy groups -OCH3 is 1. The molecule has 4 aromatic rings. The van der Waals surface area contributed by atoms with Gasteiger partial charge in [-0.1, -0.05) is 6.07 Å².